The number of nitrogen functional groups attached to an aromatic ring is 1. The second kappa shape index (κ2) is 5.38. The van der Waals surface area contributed by atoms with Crippen molar-refractivity contribution < 1.29 is 12.8 Å². The van der Waals surface area contributed by atoms with Gasteiger partial charge in [0.25, 0.3) is 0 Å². The van der Waals surface area contributed by atoms with Gasteiger partial charge < -0.3 is 5.73 Å². The Balaban J connectivity index is 2.27. The highest BCUT2D eigenvalue weighted by Crippen LogP contribution is 2.29. The van der Waals surface area contributed by atoms with E-state index in [1.165, 1.54) is 0 Å². The molecule has 0 bridgehead atoms. The van der Waals surface area contributed by atoms with E-state index >= 15 is 0 Å². The molecular weight excluding hydrogens is 335 g/mol. The van der Waals surface area contributed by atoms with E-state index in [9.17, 15) is 12.8 Å². The van der Waals surface area contributed by atoms with E-state index in [1.54, 1.807) is 0 Å². The minimum atomic E-state index is -3.68. The van der Waals surface area contributed by atoms with Gasteiger partial charge in [-0.3, -0.25) is 0 Å². The molecule has 1 aliphatic rings. The van der Waals surface area contributed by atoms with Crippen LogP contribution in [0.1, 0.15) is 26.2 Å². The number of halogens is 2. The number of sulfonamides is 1. The summed E-state index contributed by atoms with van der Waals surface area (Å²) < 4.78 is 40.6. The predicted molar refractivity (Wildman–Crippen MR) is 75.6 cm³/mol. The highest BCUT2D eigenvalue weighted by Gasteiger charge is 2.28. The fourth-order valence-electron chi connectivity index (χ4n) is 2.35. The quantitative estimate of drug-likeness (QED) is 0.823. The summed E-state index contributed by atoms with van der Waals surface area (Å²) >= 11 is 3.06. The van der Waals surface area contributed by atoms with E-state index < -0.39 is 15.8 Å². The zero-order chi connectivity index (χ0) is 14.2. The van der Waals surface area contributed by atoms with Crippen molar-refractivity contribution in [2.45, 2.75) is 37.1 Å². The Kier molecular flexibility index (Phi) is 4.17. The lowest BCUT2D eigenvalue weighted by atomic mass is 10.1. The molecule has 0 aromatic heterocycles. The molecule has 1 saturated carbocycles. The van der Waals surface area contributed by atoms with Crippen LogP contribution in [0.5, 0.6) is 0 Å². The summed E-state index contributed by atoms with van der Waals surface area (Å²) in [6, 6.07) is 2.15. The molecule has 1 aromatic rings. The summed E-state index contributed by atoms with van der Waals surface area (Å²) in [7, 11) is -3.68. The Hall–Kier alpha value is -0.660. The first-order chi connectivity index (χ1) is 8.79. The molecule has 106 valence electrons. The number of rotatable bonds is 3. The topological polar surface area (TPSA) is 72.2 Å². The third kappa shape index (κ3) is 3.27. The average Bonchev–Trinajstić information content (AvgIpc) is 2.68. The molecule has 0 spiro atoms. The smallest absolute Gasteiger partial charge is 0.242 e. The standard InChI is InChI=1S/C12H16BrFN2O2S/c1-7-2-3-8(4-7)16-19(17,18)12-6-11(15)10(14)5-9(12)13/h5-8,16H,2-4,15H2,1H3. The van der Waals surface area contributed by atoms with Crippen molar-refractivity contribution in [1.29, 1.82) is 0 Å². The average molecular weight is 351 g/mol. The number of hydrogen-bond donors (Lipinski definition) is 2. The van der Waals surface area contributed by atoms with Gasteiger partial charge in [0.05, 0.1) is 10.6 Å². The van der Waals surface area contributed by atoms with Crippen LogP contribution in [0.4, 0.5) is 10.1 Å². The molecule has 0 saturated heterocycles. The van der Waals surface area contributed by atoms with Crippen LogP contribution < -0.4 is 10.5 Å². The molecule has 0 heterocycles. The zero-order valence-corrected chi connectivity index (χ0v) is 12.9. The largest absolute Gasteiger partial charge is 0.396 e. The highest BCUT2D eigenvalue weighted by atomic mass is 79.9. The number of hydrogen-bond acceptors (Lipinski definition) is 3. The Morgan fingerprint density at radius 3 is 2.68 bits per heavy atom. The van der Waals surface area contributed by atoms with Gasteiger partial charge in [-0.05, 0) is 53.2 Å². The van der Waals surface area contributed by atoms with Crippen LogP contribution in [0.15, 0.2) is 21.5 Å². The van der Waals surface area contributed by atoms with E-state index in [0.29, 0.717) is 5.92 Å². The van der Waals surface area contributed by atoms with E-state index in [-0.39, 0.29) is 21.1 Å². The maximum Gasteiger partial charge on any atom is 0.242 e. The highest BCUT2D eigenvalue weighted by molar-refractivity contribution is 9.10. The number of nitrogens with one attached hydrogen (secondary N) is 1. The summed E-state index contributed by atoms with van der Waals surface area (Å²) in [6.07, 6.45) is 2.67. The first-order valence-electron chi connectivity index (χ1n) is 6.06. The second-order valence-electron chi connectivity index (χ2n) is 5.04. The van der Waals surface area contributed by atoms with Crippen molar-refractivity contribution in [2.24, 2.45) is 5.92 Å². The molecule has 2 rings (SSSR count). The number of benzene rings is 1. The summed E-state index contributed by atoms with van der Waals surface area (Å²) in [4.78, 5) is -0.0223. The molecule has 1 aliphatic carbocycles. The van der Waals surface area contributed by atoms with Crippen molar-refractivity contribution in [1.82, 2.24) is 4.72 Å². The minimum Gasteiger partial charge on any atom is -0.396 e. The molecule has 0 radical (unpaired) electrons. The maximum atomic E-state index is 13.2. The fraction of sp³-hybridized carbons (Fsp3) is 0.500. The van der Waals surface area contributed by atoms with E-state index in [0.717, 1.165) is 31.4 Å². The van der Waals surface area contributed by atoms with Gasteiger partial charge in [0.2, 0.25) is 10.0 Å². The van der Waals surface area contributed by atoms with E-state index in [2.05, 4.69) is 27.6 Å². The number of nitrogens with two attached hydrogens (primary N) is 1. The zero-order valence-electron chi connectivity index (χ0n) is 10.5. The van der Waals surface area contributed by atoms with Crippen LogP contribution >= 0.6 is 15.9 Å². The summed E-state index contributed by atoms with van der Waals surface area (Å²) in [5.41, 5.74) is 5.25. The first-order valence-corrected chi connectivity index (χ1v) is 8.34. The lowest BCUT2D eigenvalue weighted by Gasteiger charge is -2.14. The van der Waals surface area contributed by atoms with Gasteiger partial charge in [0, 0.05) is 10.5 Å². The van der Waals surface area contributed by atoms with Gasteiger partial charge in [-0.1, -0.05) is 6.92 Å². The Morgan fingerprint density at radius 2 is 2.11 bits per heavy atom. The van der Waals surface area contributed by atoms with Crippen LogP contribution in [0.2, 0.25) is 0 Å². The SMILES string of the molecule is CC1CCC(NS(=O)(=O)c2cc(N)c(F)cc2Br)C1. The lowest BCUT2D eigenvalue weighted by Crippen LogP contribution is -2.33. The van der Waals surface area contributed by atoms with Crippen LogP contribution in [-0.4, -0.2) is 14.5 Å². The van der Waals surface area contributed by atoms with Crippen molar-refractivity contribution in [3.8, 4) is 0 Å². The van der Waals surface area contributed by atoms with Gasteiger partial charge in [0.1, 0.15) is 5.82 Å². The predicted octanol–water partition coefficient (Wildman–Crippen LogP) is 2.64. The molecular formula is C12H16BrFN2O2S. The van der Waals surface area contributed by atoms with Gasteiger partial charge >= 0.3 is 0 Å². The summed E-state index contributed by atoms with van der Waals surface area (Å²) in [5, 5.41) is 0. The molecule has 19 heavy (non-hydrogen) atoms. The molecule has 0 amide bonds. The van der Waals surface area contributed by atoms with Crippen LogP contribution in [0.3, 0.4) is 0 Å². The normalized spacial score (nSPS) is 23.7. The number of anilines is 1. The molecule has 2 atom stereocenters. The molecule has 2 unspecified atom stereocenters. The van der Waals surface area contributed by atoms with Crippen molar-refractivity contribution >= 4 is 31.6 Å². The third-order valence-corrected chi connectivity index (χ3v) is 5.84. The Bertz CT molecular complexity index is 592. The lowest BCUT2D eigenvalue weighted by molar-refractivity contribution is 0.538. The van der Waals surface area contributed by atoms with Gasteiger partial charge in [0.15, 0.2) is 0 Å². The molecule has 1 fully saturated rings. The first kappa shape index (κ1) is 14.7. The Morgan fingerprint density at radius 1 is 1.42 bits per heavy atom. The minimum absolute atomic E-state index is 0.0223. The Labute approximate surface area is 120 Å². The van der Waals surface area contributed by atoms with Gasteiger partial charge in [-0.15, -0.1) is 0 Å². The van der Waals surface area contributed by atoms with Crippen LogP contribution in [0.25, 0.3) is 0 Å². The van der Waals surface area contributed by atoms with Crippen molar-refractivity contribution in [3.63, 3.8) is 0 Å². The monoisotopic (exact) mass is 350 g/mol. The molecule has 7 heteroatoms. The molecule has 1 aromatic carbocycles. The molecule has 4 nitrogen and oxygen atoms in total. The van der Waals surface area contributed by atoms with Crippen LogP contribution in [-0.2, 0) is 10.0 Å². The van der Waals surface area contributed by atoms with Crippen molar-refractivity contribution in [2.75, 3.05) is 5.73 Å². The molecule has 3 N–H and O–H groups in total. The van der Waals surface area contributed by atoms with Gasteiger partial charge in [-0.25, -0.2) is 17.5 Å². The maximum absolute atomic E-state index is 13.2. The van der Waals surface area contributed by atoms with E-state index in [4.69, 9.17) is 5.73 Å². The summed E-state index contributed by atoms with van der Waals surface area (Å²) in [5.74, 6) is -0.116. The van der Waals surface area contributed by atoms with Crippen LogP contribution in [0, 0.1) is 11.7 Å². The van der Waals surface area contributed by atoms with Crippen molar-refractivity contribution in [3.05, 3.63) is 22.4 Å². The second-order valence-corrected chi connectivity index (χ2v) is 7.58. The molecule has 0 aliphatic heterocycles. The fourth-order valence-corrected chi connectivity index (χ4v) is 4.68. The van der Waals surface area contributed by atoms with E-state index in [1.807, 2.05) is 0 Å². The summed E-state index contributed by atoms with van der Waals surface area (Å²) in [6.45, 7) is 2.10. The van der Waals surface area contributed by atoms with Gasteiger partial charge in [-0.2, -0.15) is 0 Å². The third-order valence-electron chi connectivity index (χ3n) is 3.36.